The number of nitriles is 1. The van der Waals surface area contributed by atoms with Crippen molar-refractivity contribution in [2.45, 2.75) is 60.6 Å². The Balaban J connectivity index is 1.66. The highest BCUT2D eigenvalue weighted by atomic mass is 32.2. The lowest BCUT2D eigenvalue weighted by Crippen LogP contribution is -2.42. The summed E-state index contributed by atoms with van der Waals surface area (Å²) in [6.07, 6.45) is -5.02. The van der Waals surface area contributed by atoms with Crippen LogP contribution in [0, 0.1) is 24.2 Å². The van der Waals surface area contributed by atoms with Crippen molar-refractivity contribution < 1.29 is 31.1 Å². The van der Waals surface area contributed by atoms with Crippen LogP contribution in [-0.4, -0.2) is 43.3 Å². The maximum absolute atomic E-state index is 13.9. The van der Waals surface area contributed by atoms with Gasteiger partial charge in [-0.2, -0.15) is 18.4 Å². The number of aromatic nitrogens is 1. The van der Waals surface area contributed by atoms with Gasteiger partial charge in [-0.25, -0.2) is 13.4 Å². The van der Waals surface area contributed by atoms with E-state index in [0.29, 0.717) is 23.5 Å². The third-order valence-electron chi connectivity index (χ3n) is 6.32. The molecule has 1 amide bonds. The monoisotopic (exact) mass is 513 g/mol. The molecule has 2 aliphatic rings. The maximum atomic E-state index is 13.9. The van der Waals surface area contributed by atoms with Gasteiger partial charge < -0.3 is 10.1 Å². The molecule has 1 unspecified atom stereocenters. The second kappa shape index (κ2) is 8.62. The summed E-state index contributed by atoms with van der Waals surface area (Å²) in [5.74, 6) is -1.41. The van der Waals surface area contributed by atoms with Gasteiger partial charge in [-0.1, -0.05) is 6.07 Å². The van der Waals surface area contributed by atoms with Gasteiger partial charge in [-0.15, -0.1) is 11.3 Å². The average molecular weight is 514 g/mol. The Morgan fingerprint density at radius 3 is 2.56 bits per heavy atom. The standard InChI is InChI=1S/C22H22F3N3O4S2/c1-12-10-33-20(27-12)13-3-4-18(16(7-13)22(23,24)25)34(30,31)14-8-15(17(9-14)32-2)19(29)28-21(11-26)5-6-21/h3-4,7,10,14-15,17H,5-6,8-9H2,1-2H3,(H,28,29)/t14-,15?,17-/m1/s1. The lowest BCUT2D eigenvalue weighted by Gasteiger charge is -2.19. The molecule has 4 rings (SSSR count). The van der Waals surface area contributed by atoms with Gasteiger partial charge in [-0.3, -0.25) is 4.79 Å². The largest absolute Gasteiger partial charge is 0.417 e. The van der Waals surface area contributed by atoms with E-state index in [1.807, 2.05) is 6.07 Å². The first-order chi connectivity index (χ1) is 15.9. The van der Waals surface area contributed by atoms with Crippen molar-refractivity contribution in [3.63, 3.8) is 0 Å². The van der Waals surface area contributed by atoms with E-state index in [2.05, 4.69) is 10.3 Å². The second-order valence-electron chi connectivity index (χ2n) is 8.70. The molecule has 1 aromatic carbocycles. The van der Waals surface area contributed by atoms with E-state index in [1.165, 1.54) is 24.5 Å². The molecular formula is C22H22F3N3O4S2. The Labute approximate surface area is 198 Å². The van der Waals surface area contributed by atoms with Crippen LogP contribution >= 0.6 is 11.3 Å². The van der Waals surface area contributed by atoms with Crippen LogP contribution < -0.4 is 5.32 Å². The van der Waals surface area contributed by atoms with E-state index in [9.17, 15) is 31.6 Å². The summed E-state index contributed by atoms with van der Waals surface area (Å²) in [7, 11) is -3.13. The highest BCUT2D eigenvalue weighted by Gasteiger charge is 2.51. The molecule has 2 aromatic rings. The van der Waals surface area contributed by atoms with Crippen LogP contribution in [0.15, 0.2) is 28.5 Å². The molecule has 3 atom stereocenters. The Bertz CT molecular complexity index is 1260. The number of aryl methyl sites for hydroxylation is 1. The summed E-state index contributed by atoms with van der Waals surface area (Å²) in [5.41, 5.74) is -1.38. The fourth-order valence-electron chi connectivity index (χ4n) is 4.26. The number of benzene rings is 1. The number of carbonyl (C=O) groups is 1. The van der Waals surface area contributed by atoms with Crippen molar-refractivity contribution in [2.75, 3.05) is 7.11 Å². The number of nitrogens with zero attached hydrogens (tertiary/aromatic N) is 2. The fraction of sp³-hybridized carbons (Fsp3) is 0.500. The summed E-state index contributed by atoms with van der Waals surface area (Å²) in [5, 5.41) is 12.7. The summed E-state index contributed by atoms with van der Waals surface area (Å²) < 4.78 is 73.9. The molecule has 1 aromatic heterocycles. The van der Waals surface area contributed by atoms with Crippen molar-refractivity contribution in [3.8, 4) is 16.6 Å². The van der Waals surface area contributed by atoms with E-state index < -0.39 is 55.2 Å². The first-order valence-electron chi connectivity index (χ1n) is 10.5. The zero-order chi connectivity index (χ0) is 24.9. The number of amides is 1. The molecule has 2 aliphatic carbocycles. The molecule has 34 heavy (non-hydrogen) atoms. The van der Waals surface area contributed by atoms with E-state index in [0.717, 1.165) is 12.1 Å². The molecular weight excluding hydrogens is 491 g/mol. The molecule has 1 heterocycles. The van der Waals surface area contributed by atoms with Gasteiger partial charge in [0, 0.05) is 23.7 Å². The number of ether oxygens (including phenoxy) is 1. The highest BCUT2D eigenvalue weighted by molar-refractivity contribution is 7.92. The zero-order valence-corrected chi connectivity index (χ0v) is 20.0. The summed E-state index contributed by atoms with van der Waals surface area (Å²) in [4.78, 5) is 16.1. The predicted octanol–water partition coefficient (Wildman–Crippen LogP) is 3.88. The molecule has 0 saturated heterocycles. The minimum absolute atomic E-state index is 0.124. The number of nitrogens with one attached hydrogen (secondary N) is 1. The maximum Gasteiger partial charge on any atom is 0.417 e. The van der Waals surface area contributed by atoms with Crippen molar-refractivity contribution in [1.82, 2.24) is 10.3 Å². The van der Waals surface area contributed by atoms with Crippen LogP contribution in [0.1, 0.15) is 36.9 Å². The molecule has 0 spiro atoms. The molecule has 2 fully saturated rings. The SMILES string of the molecule is CO[C@@H]1C[C@H](S(=O)(=O)c2ccc(-c3nc(C)cs3)cc2C(F)(F)F)CC1C(=O)NC1(C#N)CC1. The molecule has 0 aliphatic heterocycles. The predicted molar refractivity (Wildman–Crippen MR) is 118 cm³/mol. The molecule has 182 valence electrons. The number of rotatable bonds is 6. The van der Waals surface area contributed by atoms with Crippen LogP contribution in [-0.2, 0) is 25.5 Å². The quantitative estimate of drug-likeness (QED) is 0.628. The zero-order valence-electron chi connectivity index (χ0n) is 18.3. The lowest BCUT2D eigenvalue weighted by molar-refractivity contribution is -0.139. The Kier molecular flexibility index (Phi) is 6.25. The fourth-order valence-corrected chi connectivity index (χ4v) is 7.06. The number of hydrogen-bond donors (Lipinski definition) is 1. The van der Waals surface area contributed by atoms with Crippen LogP contribution in [0.4, 0.5) is 13.2 Å². The first kappa shape index (κ1) is 24.6. The minimum Gasteiger partial charge on any atom is -0.381 e. The smallest absolute Gasteiger partial charge is 0.381 e. The third-order valence-corrected chi connectivity index (χ3v) is 9.56. The van der Waals surface area contributed by atoms with Gasteiger partial charge in [0.05, 0.1) is 33.8 Å². The number of halogens is 3. The first-order valence-corrected chi connectivity index (χ1v) is 13.0. The Morgan fingerprint density at radius 2 is 2.03 bits per heavy atom. The number of hydrogen-bond acceptors (Lipinski definition) is 7. The average Bonchev–Trinajstić information content (AvgIpc) is 3.19. The number of thiazole rings is 1. The number of alkyl halides is 3. The highest BCUT2D eigenvalue weighted by Crippen LogP contribution is 2.43. The molecule has 12 heteroatoms. The molecule has 1 N–H and O–H groups in total. The summed E-state index contributed by atoms with van der Waals surface area (Å²) >= 11 is 1.17. The summed E-state index contributed by atoms with van der Waals surface area (Å²) in [6.45, 7) is 1.71. The Hall–Kier alpha value is -2.49. The van der Waals surface area contributed by atoms with Crippen molar-refractivity contribution >= 4 is 27.1 Å². The van der Waals surface area contributed by atoms with E-state index in [-0.39, 0.29) is 18.4 Å². The molecule has 0 bridgehead atoms. The number of carbonyl (C=O) groups excluding carboxylic acids is 1. The number of methoxy groups -OCH3 is 1. The Morgan fingerprint density at radius 1 is 1.32 bits per heavy atom. The molecule has 7 nitrogen and oxygen atoms in total. The molecule has 0 radical (unpaired) electrons. The van der Waals surface area contributed by atoms with E-state index >= 15 is 0 Å². The second-order valence-corrected chi connectivity index (χ2v) is 11.8. The third kappa shape index (κ3) is 4.56. The van der Waals surface area contributed by atoms with Gasteiger partial charge in [0.25, 0.3) is 0 Å². The summed E-state index contributed by atoms with van der Waals surface area (Å²) in [6, 6.07) is 5.12. The topological polar surface area (TPSA) is 109 Å². The van der Waals surface area contributed by atoms with Gasteiger partial charge in [0.2, 0.25) is 5.91 Å². The van der Waals surface area contributed by atoms with Crippen molar-refractivity contribution in [3.05, 3.63) is 34.8 Å². The minimum atomic E-state index is -4.91. The van der Waals surface area contributed by atoms with Crippen LogP contribution in [0.3, 0.4) is 0 Å². The lowest BCUT2D eigenvalue weighted by atomic mass is 10.0. The van der Waals surface area contributed by atoms with Crippen molar-refractivity contribution in [2.24, 2.45) is 5.92 Å². The van der Waals surface area contributed by atoms with Gasteiger partial charge in [0.15, 0.2) is 9.84 Å². The number of sulfone groups is 1. The van der Waals surface area contributed by atoms with Crippen LogP contribution in [0.2, 0.25) is 0 Å². The van der Waals surface area contributed by atoms with Gasteiger partial charge in [0.1, 0.15) is 10.5 Å². The van der Waals surface area contributed by atoms with E-state index in [4.69, 9.17) is 4.74 Å². The van der Waals surface area contributed by atoms with Gasteiger partial charge >= 0.3 is 6.18 Å². The van der Waals surface area contributed by atoms with Crippen molar-refractivity contribution in [1.29, 1.82) is 5.26 Å². The van der Waals surface area contributed by atoms with Crippen LogP contribution in [0.5, 0.6) is 0 Å². The van der Waals surface area contributed by atoms with Gasteiger partial charge in [-0.05, 0) is 44.7 Å². The van der Waals surface area contributed by atoms with Crippen LogP contribution in [0.25, 0.3) is 10.6 Å². The molecule has 2 saturated carbocycles. The normalized spacial score (nSPS) is 23.9. The van der Waals surface area contributed by atoms with E-state index in [1.54, 1.807) is 12.3 Å².